The minimum absolute atomic E-state index is 0.0536. The third-order valence-electron chi connectivity index (χ3n) is 2.71. The Labute approximate surface area is 92.8 Å². The summed E-state index contributed by atoms with van der Waals surface area (Å²) in [6, 6.07) is 0.477. The number of imidazole rings is 1. The van der Waals surface area contributed by atoms with Gasteiger partial charge in [-0.3, -0.25) is 0 Å². The highest BCUT2D eigenvalue weighted by molar-refractivity contribution is 5.14. The van der Waals surface area contributed by atoms with E-state index < -0.39 is 4.92 Å². The van der Waals surface area contributed by atoms with Crippen LogP contribution in [0.25, 0.3) is 0 Å². The molecule has 0 saturated carbocycles. The van der Waals surface area contributed by atoms with E-state index in [4.69, 9.17) is 0 Å². The molecule has 1 aromatic heterocycles. The second-order valence-corrected chi connectivity index (χ2v) is 3.88. The minimum Gasteiger partial charge on any atom is -0.358 e. The van der Waals surface area contributed by atoms with Crippen LogP contribution in [0.15, 0.2) is 6.20 Å². The first kappa shape index (κ1) is 11.0. The molecule has 0 bridgehead atoms. The molecule has 0 unspecified atom stereocenters. The van der Waals surface area contributed by atoms with E-state index in [1.165, 1.54) is 6.20 Å². The highest BCUT2D eigenvalue weighted by Gasteiger charge is 2.14. The van der Waals surface area contributed by atoms with E-state index in [0.29, 0.717) is 18.4 Å². The summed E-state index contributed by atoms with van der Waals surface area (Å²) >= 11 is 0. The number of aromatic amines is 1. The summed E-state index contributed by atoms with van der Waals surface area (Å²) in [5, 5.41) is 17.0. The molecule has 0 amide bonds. The molecule has 0 aliphatic carbocycles. The van der Waals surface area contributed by atoms with Crippen LogP contribution in [0.2, 0.25) is 0 Å². The van der Waals surface area contributed by atoms with Crippen molar-refractivity contribution in [3.8, 4) is 0 Å². The Morgan fingerprint density at radius 2 is 2.31 bits per heavy atom. The first-order valence-electron chi connectivity index (χ1n) is 5.38. The summed E-state index contributed by atoms with van der Waals surface area (Å²) in [4.78, 5) is 16.6. The second-order valence-electron chi connectivity index (χ2n) is 3.88. The van der Waals surface area contributed by atoms with Crippen LogP contribution < -0.4 is 10.6 Å². The number of hydrogen-bond donors (Lipinski definition) is 3. The van der Waals surface area contributed by atoms with Gasteiger partial charge in [-0.25, -0.2) is 9.97 Å². The maximum atomic E-state index is 10.4. The minimum atomic E-state index is -0.471. The number of nitrogens with one attached hydrogen (secondary N) is 3. The van der Waals surface area contributed by atoms with Gasteiger partial charge in [-0.15, -0.1) is 0 Å². The molecule has 0 aromatic carbocycles. The van der Waals surface area contributed by atoms with E-state index >= 15 is 0 Å². The lowest BCUT2D eigenvalue weighted by Gasteiger charge is -2.22. The zero-order valence-electron chi connectivity index (χ0n) is 8.90. The van der Waals surface area contributed by atoms with Gasteiger partial charge in [-0.05, 0) is 30.9 Å². The van der Waals surface area contributed by atoms with Crippen LogP contribution in [-0.2, 0) is 6.54 Å². The van der Waals surface area contributed by atoms with Crippen molar-refractivity contribution in [1.29, 1.82) is 0 Å². The molecule has 0 atom stereocenters. The second kappa shape index (κ2) is 5.04. The van der Waals surface area contributed by atoms with Crippen molar-refractivity contribution < 1.29 is 4.92 Å². The summed E-state index contributed by atoms with van der Waals surface area (Å²) < 4.78 is 0. The Balaban J connectivity index is 1.81. The molecule has 16 heavy (non-hydrogen) atoms. The lowest BCUT2D eigenvalue weighted by Crippen LogP contribution is -2.39. The quantitative estimate of drug-likeness (QED) is 0.501. The number of hydrogen-bond acceptors (Lipinski definition) is 5. The molecule has 88 valence electrons. The first-order chi connectivity index (χ1) is 7.75. The van der Waals surface area contributed by atoms with Crippen molar-refractivity contribution >= 4 is 5.82 Å². The number of H-pyrrole nitrogens is 1. The predicted octanol–water partition coefficient (Wildman–Crippen LogP) is 0.159. The molecular formula is C9H15N5O2. The number of piperidine rings is 1. The van der Waals surface area contributed by atoms with Crippen molar-refractivity contribution in [2.75, 3.05) is 13.1 Å². The van der Waals surface area contributed by atoms with E-state index in [2.05, 4.69) is 20.6 Å². The van der Waals surface area contributed by atoms with Crippen molar-refractivity contribution in [2.45, 2.75) is 25.4 Å². The number of aromatic nitrogens is 2. The highest BCUT2D eigenvalue weighted by atomic mass is 16.6. The van der Waals surface area contributed by atoms with Gasteiger partial charge in [0.15, 0.2) is 0 Å². The molecule has 1 aliphatic rings. The van der Waals surface area contributed by atoms with Crippen LogP contribution in [-0.4, -0.2) is 34.0 Å². The van der Waals surface area contributed by atoms with E-state index in [-0.39, 0.29) is 5.82 Å². The fourth-order valence-electron chi connectivity index (χ4n) is 1.80. The van der Waals surface area contributed by atoms with Crippen LogP contribution in [0.4, 0.5) is 5.82 Å². The summed E-state index contributed by atoms with van der Waals surface area (Å²) in [6.45, 7) is 2.60. The molecule has 0 spiro atoms. The number of nitro groups is 1. The lowest BCUT2D eigenvalue weighted by atomic mass is 10.1. The van der Waals surface area contributed by atoms with Gasteiger partial charge < -0.3 is 20.7 Å². The Hall–Kier alpha value is -1.47. The fraction of sp³-hybridized carbons (Fsp3) is 0.667. The van der Waals surface area contributed by atoms with Gasteiger partial charge in [0.1, 0.15) is 6.20 Å². The molecule has 1 aliphatic heterocycles. The van der Waals surface area contributed by atoms with E-state index in [1.807, 2.05) is 0 Å². The van der Waals surface area contributed by atoms with Gasteiger partial charge in [0.25, 0.3) is 0 Å². The molecule has 7 heteroatoms. The van der Waals surface area contributed by atoms with Gasteiger partial charge >= 0.3 is 5.82 Å². The first-order valence-corrected chi connectivity index (χ1v) is 5.38. The van der Waals surface area contributed by atoms with E-state index in [1.54, 1.807) is 0 Å². The van der Waals surface area contributed by atoms with E-state index in [9.17, 15) is 10.1 Å². The summed E-state index contributed by atoms with van der Waals surface area (Å²) in [7, 11) is 0. The molecule has 0 radical (unpaired) electrons. The third-order valence-corrected chi connectivity index (χ3v) is 2.71. The molecule has 1 saturated heterocycles. The van der Waals surface area contributed by atoms with Gasteiger partial charge in [-0.2, -0.15) is 0 Å². The van der Waals surface area contributed by atoms with Crippen LogP contribution in [0.5, 0.6) is 0 Å². The number of rotatable bonds is 4. The predicted molar refractivity (Wildman–Crippen MR) is 58.0 cm³/mol. The molecule has 2 rings (SSSR count). The summed E-state index contributed by atoms with van der Waals surface area (Å²) in [5.41, 5.74) is 0. The van der Waals surface area contributed by atoms with Gasteiger partial charge in [0.2, 0.25) is 5.82 Å². The van der Waals surface area contributed by atoms with Crippen LogP contribution in [0.1, 0.15) is 18.7 Å². The maximum absolute atomic E-state index is 10.4. The normalized spacial score (nSPS) is 17.5. The zero-order valence-corrected chi connectivity index (χ0v) is 8.90. The van der Waals surface area contributed by atoms with Crippen molar-refractivity contribution in [3.63, 3.8) is 0 Å². The average Bonchev–Trinajstić information content (AvgIpc) is 2.76. The molecule has 3 N–H and O–H groups in total. The summed E-state index contributed by atoms with van der Waals surface area (Å²) in [6.07, 6.45) is 3.42. The molecular weight excluding hydrogens is 210 g/mol. The third kappa shape index (κ3) is 2.77. The fourth-order valence-corrected chi connectivity index (χ4v) is 1.80. The van der Waals surface area contributed by atoms with Crippen molar-refractivity contribution in [2.24, 2.45) is 0 Å². The standard InChI is InChI=1S/C9H15N5O2/c15-14(16)9-6-12-8(13-9)5-11-7-1-3-10-4-2-7/h6-7,10-11H,1-5H2,(H,12,13). The van der Waals surface area contributed by atoms with Crippen LogP contribution >= 0.6 is 0 Å². The maximum Gasteiger partial charge on any atom is 0.340 e. The summed E-state index contributed by atoms with van der Waals surface area (Å²) in [5.74, 6) is 0.562. The highest BCUT2D eigenvalue weighted by Crippen LogP contribution is 2.07. The molecule has 1 fully saturated rings. The average molecular weight is 225 g/mol. The molecule has 1 aromatic rings. The lowest BCUT2D eigenvalue weighted by molar-refractivity contribution is -0.389. The van der Waals surface area contributed by atoms with Gasteiger partial charge in [0.05, 0.1) is 6.54 Å². The van der Waals surface area contributed by atoms with Crippen LogP contribution in [0, 0.1) is 10.1 Å². The Morgan fingerprint density at radius 3 is 2.94 bits per heavy atom. The Morgan fingerprint density at radius 1 is 1.56 bits per heavy atom. The number of nitrogens with zero attached hydrogens (tertiary/aromatic N) is 2. The smallest absolute Gasteiger partial charge is 0.340 e. The largest absolute Gasteiger partial charge is 0.358 e. The van der Waals surface area contributed by atoms with Crippen molar-refractivity contribution in [1.82, 2.24) is 20.6 Å². The van der Waals surface area contributed by atoms with E-state index in [0.717, 1.165) is 25.9 Å². The van der Waals surface area contributed by atoms with Crippen molar-refractivity contribution in [3.05, 3.63) is 22.1 Å². The molecule has 7 nitrogen and oxygen atoms in total. The Bertz CT molecular complexity index is 359. The monoisotopic (exact) mass is 225 g/mol. The van der Waals surface area contributed by atoms with Gasteiger partial charge in [0, 0.05) is 6.04 Å². The zero-order chi connectivity index (χ0) is 11.4. The SMILES string of the molecule is O=[N+]([O-])c1cnc(CNC2CCNCC2)[nH]1. The molecule has 2 heterocycles. The topological polar surface area (TPSA) is 95.9 Å². The van der Waals surface area contributed by atoms with Crippen LogP contribution in [0.3, 0.4) is 0 Å². The Kier molecular flexibility index (Phi) is 3.47. The van der Waals surface area contributed by atoms with Gasteiger partial charge in [-0.1, -0.05) is 0 Å².